The number of nitrogens with zero attached hydrogens (tertiary/aromatic N) is 1. The van der Waals surface area contributed by atoms with Crippen molar-refractivity contribution >= 4 is 6.29 Å². The lowest BCUT2D eigenvalue weighted by Gasteiger charge is -2.20. The van der Waals surface area contributed by atoms with E-state index in [1.165, 1.54) is 0 Å². The molecule has 0 amide bonds. The first-order valence-corrected chi connectivity index (χ1v) is 6.71. The Labute approximate surface area is 114 Å². The van der Waals surface area contributed by atoms with Crippen LogP contribution in [0.3, 0.4) is 0 Å². The molecule has 19 heavy (non-hydrogen) atoms. The van der Waals surface area contributed by atoms with Gasteiger partial charge in [-0.15, -0.1) is 0 Å². The number of hydrogen-bond donors (Lipinski definition) is 0. The summed E-state index contributed by atoms with van der Waals surface area (Å²) in [6.45, 7) is 9.06. The summed E-state index contributed by atoms with van der Waals surface area (Å²) in [5.74, 6) is 1.15. The normalized spacial score (nSPS) is 11.1. The zero-order valence-corrected chi connectivity index (χ0v) is 11.8. The van der Waals surface area contributed by atoms with E-state index in [1.807, 2.05) is 19.9 Å². The molecule has 108 valence electrons. The Hall–Kier alpha value is -1.17. The number of aldehydes is 1. The molecule has 0 saturated heterocycles. The van der Waals surface area contributed by atoms with E-state index in [0.29, 0.717) is 31.8 Å². The highest BCUT2D eigenvalue weighted by molar-refractivity contribution is 5.70. The van der Waals surface area contributed by atoms with Gasteiger partial charge in [0.1, 0.15) is 5.76 Å². The summed E-state index contributed by atoms with van der Waals surface area (Å²) in [7, 11) is 0. The molecule has 0 aromatic carbocycles. The van der Waals surface area contributed by atoms with Crippen molar-refractivity contribution in [3.63, 3.8) is 0 Å². The Morgan fingerprint density at radius 1 is 1.16 bits per heavy atom. The van der Waals surface area contributed by atoms with Crippen molar-refractivity contribution in [2.45, 2.75) is 20.4 Å². The number of carbonyl (C=O) groups is 1. The molecular formula is C14H23NO4. The quantitative estimate of drug-likeness (QED) is 0.454. The van der Waals surface area contributed by atoms with Gasteiger partial charge in [-0.1, -0.05) is 0 Å². The molecule has 0 unspecified atom stereocenters. The second-order valence-corrected chi connectivity index (χ2v) is 4.09. The van der Waals surface area contributed by atoms with Gasteiger partial charge in [0.25, 0.3) is 0 Å². The highest BCUT2D eigenvalue weighted by atomic mass is 16.5. The molecule has 0 spiro atoms. The molecule has 0 saturated carbocycles. The minimum Gasteiger partial charge on any atom is -0.457 e. The Bertz CT molecular complexity index is 341. The Kier molecular flexibility index (Phi) is 8.13. The molecule has 0 aliphatic carbocycles. The third-order valence-electron chi connectivity index (χ3n) is 2.69. The summed E-state index contributed by atoms with van der Waals surface area (Å²) in [5, 5.41) is 0. The molecule has 0 atom stereocenters. The fourth-order valence-electron chi connectivity index (χ4n) is 1.71. The van der Waals surface area contributed by atoms with Crippen molar-refractivity contribution in [3.8, 4) is 0 Å². The summed E-state index contributed by atoms with van der Waals surface area (Å²) in [6.07, 6.45) is 0.716. The Morgan fingerprint density at radius 2 is 1.79 bits per heavy atom. The number of carbonyl (C=O) groups excluding carboxylic acids is 1. The van der Waals surface area contributed by atoms with Gasteiger partial charge in [0, 0.05) is 26.3 Å². The molecule has 5 nitrogen and oxygen atoms in total. The molecule has 1 aromatic rings. The van der Waals surface area contributed by atoms with Gasteiger partial charge in [0.05, 0.1) is 19.8 Å². The van der Waals surface area contributed by atoms with E-state index in [2.05, 4.69) is 4.90 Å². The standard InChI is InChI=1S/C14H23NO4/c1-3-17-9-7-15(8-10-18-4-2)11-13-5-6-14(12-16)19-13/h5-6,12H,3-4,7-11H2,1-2H3. The molecular weight excluding hydrogens is 246 g/mol. The number of rotatable bonds is 11. The van der Waals surface area contributed by atoms with E-state index in [4.69, 9.17) is 13.9 Å². The second kappa shape index (κ2) is 9.72. The molecule has 1 aromatic heterocycles. The molecule has 0 radical (unpaired) electrons. The highest BCUT2D eigenvalue weighted by Crippen LogP contribution is 2.09. The lowest BCUT2D eigenvalue weighted by atomic mass is 10.3. The summed E-state index contributed by atoms with van der Waals surface area (Å²) < 4.78 is 16.1. The smallest absolute Gasteiger partial charge is 0.185 e. The molecule has 0 N–H and O–H groups in total. The van der Waals surface area contributed by atoms with Crippen LogP contribution < -0.4 is 0 Å². The lowest BCUT2D eigenvalue weighted by molar-refractivity contribution is 0.0765. The van der Waals surface area contributed by atoms with Crippen LogP contribution in [0.15, 0.2) is 16.5 Å². The minimum absolute atomic E-state index is 0.365. The third kappa shape index (κ3) is 6.52. The van der Waals surface area contributed by atoms with Gasteiger partial charge < -0.3 is 13.9 Å². The predicted molar refractivity (Wildman–Crippen MR) is 72.4 cm³/mol. The first-order chi connectivity index (χ1) is 9.30. The maximum Gasteiger partial charge on any atom is 0.185 e. The fraction of sp³-hybridized carbons (Fsp3) is 0.643. The lowest BCUT2D eigenvalue weighted by Crippen LogP contribution is -2.30. The molecule has 0 bridgehead atoms. The molecule has 0 fully saturated rings. The fourth-order valence-corrected chi connectivity index (χ4v) is 1.71. The molecule has 1 rings (SSSR count). The van der Waals surface area contributed by atoms with Crippen LogP contribution in [0.5, 0.6) is 0 Å². The van der Waals surface area contributed by atoms with Gasteiger partial charge in [-0.2, -0.15) is 0 Å². The first-order valence-electron chi connectivity index (χ1n) is 6.71. The van der Waals surface area contributed by atoms with Gasteiger partial charge in [-0.25, -0.2) is 0 Å². The van der Waals surface area contributed by atoms with Crippen LogP contribution in [0.4, 0.5) is 0 Å². The van der Waals surface area contributed by atoms with E-state index < -0.39 is 0 Å². The zero-order chi connectivity index (χ0) is 13.9. The Balaban J connectivity index is 2.43. The van der Waals surface area contributed by atoms with Crippen molar-refractivity contribution in [2.24, 2.45) is 0 Å². The summed E-state index contributed by atoms with van der Waals surface area (Å²) >= 11 is 0. The van der Waals surface area contributed by atoms with Crippen LogP contribution in [-0.4, -0.2) is 50.7 Å². The summed E-state index contributed by atoms with van der Waals surface area (Å²) in [5.41, 5.74) is 0. The van der Waals surface area contributed by atoms with E-state index in [9.17, 15) is 4.79 Å². The SMILES string of the molecule is CCOCCN(CCOCC)Cc1ccc(C=O)o1. The van der Waals surface area contributed by atoms with Crippen molar-refractivity contribution < 1.29 is 18.7 Å². The van der Waals surface area contributed by atoms with Gasteiger partial charge in [-0.05, 0) is 26.0 Å². The molecule has 1 heterocycles. The van der Waals surface area contributed by atoms with Crippen molar-refractivity contribution in [1.29, 1.82) is 0 Å². The monoisotopic (exact) mass is 269 g/mol. The number of hydrogen-bond acceptors (Lipinski definition) is 5. The Morgan fingerprint density at radius 3 is 2.26 bits per heavy atom. The van der Waals surface area contributed by atoms with Crippen LogP contribution in [0, 0.1) is 0 Å². The predicted octanol–water partition coefficient (Wildman–Crippen LogP) is 1.97. The van der Waals surface area contributed by atoms with Gasteiger partial charge >= 0.3 is 0 Å². The second-order valence-electron chi connectivity index (χ2n) is 4.09. The average molecular weight is 269 g/mol. The van der Waals surface area contributed by atoms with Crippen LogP contribution >= 0.6 is 0 Å². The van der Waals surface area contributed by atoms with Crippen LogP contribution in [0.2, 0.25) is 0 Å². The van der Waals surface area contributed by atoms with E-state index in [0.717, 1.165) is 32.1 Å². The van der Waals surface area contributed by atoms with Gasteiger partial charge in [0.15, 0.2) is 12.0 Å². The number of ether oxygens (including phenoxy) is 2. The minimum atomic E-state index is 0.365. The molecule has 0 aliphatic heterocycles. The number of furan rings is 1. The highest BCUT2D eigenvalue weighted by Gasteiger charge is 2.09. The van der Waals surface area contributed by atoms with Crippen molar-refractivity contribution in [2.75, 3.05) is 39.5 Å². The summed E-state index contributed by atoms with van der Waals surface area (Å²) in [4.78, 5) is 12.8. The van der Waals surface area contributed by atoms with Crippen LogP contribution in [-0.2, 0) is 16.0 Å². The van der Waals surface area contributed by atoms with E-state index in [-0.39, 0.29) is 0 Å². The maximum absolute atomic E-state index is 10.6. The summed E-state index contributed by atoms with van der Waals surface area (Å²) in [6, 6.07) is 3.52. The van der Waals surface area contributed by atoms with Crippen LogP contribution in [0.1, 0.15) is 30.2 Å². The molecule has 5 heteroatoms. The van der Waals surface area contributed by atoms with Crippen molar-refractivity contribution in [3.05, 3.63) is 23.7 Å². The molecule has 0 aliphatic rings. The van der Waals surface area contributed by atoms with Crippen molar-refractivity contribution in [1.82, 2.24) is 4.90 Å². The zero-order valence-electron chi connectivity index (χ0n) is 11.8. The average Bonchev–Trinajstić information content (AvgIpc) is 2.87. The topological polar surface area (TPSA) is 51.9 Å². The largest absolute Gasteiger partial charge is 0.457 e. The maximum atomic E-state index is 10.6. The van der Waals surface area contributed by atoms with E-state index in [1.54, 1.807) is 6.07 Å². The van der Waals surface area contributed by atoms with Gasteiger partial charge in [0.2, 0.25) is 0 Å². The third-order valence-corrected chi connectivity index (χ3v) is 2.69. The van der Waals surface area contributed by atoms with Gasteiger partial charge in [-0.3, -0.25) is 9.69 Å². The van der Waals surface area contributed by atoms with Crippen LogP contribution in [0.25, 0.3) is 0 Å². The van der Waals surface area contributed by atoms with E-state index >= 15 is 0 Å². The first kappa shape index (κ1) is 15.9.